The van der Waals surface area contributed by atoms with Crippen molar-refractivity contribution >= 4 is 50.4 Å². The lowest BCUT2D eigenvalue weighted by Crippen LogP contribution is -2.01. The Kier molecular flexibility index (Phi) is 4.62. The highest BCUT2D eigenvalue weighted by molar-refractivity contribution is 7.21. The molecule has 0 bridgehead atoms. The average Bonchev–Trinajstić information content (AvgIpc) is 3.05. The van der Waals surface area contributed by atoms with E-state index in [1.807, 2.05) is 42.5 Å². The van der Waals surface area contributed by atoms with Crippen molar-refractivity contribution in [1.29, 1.82) is 0 Å². The van der Waals surface area contributed by atoms with E-state index in [9.17, 15) is 0 Å². The molecule has 0 aliphatic heterocycles. The number of halogens is 2. The minimum absolute atomic E-state index is 0.623. The standard InChI is InChI=1S/C20H14Cl2N2S/c21-14-10-9-13(16(22)11-14)12-23-17-6-2-1-5-15(17)20-24-18-7-3-4-8-19(18)25-20/h1-11,23H,12H2. The van der Waals surface area contributed by atoms with E-state index in [4.69, 9.17) is 28.2 Å². The number of para-hydroxylation sites is 2. The van der Waals surface area contributed by atoms with Crippen LogP contribution < -0.4 is 5.32 Å². The van der Waals surface area contributed by atoms with Gasteiger partial charge in [0.05, 0.1) is 10.2 Å². The normalized spacial score (nSPS) is 11.0. The zero-order valence-electron chi connectivity index (χ0n) is 13.2. The van der Waals surface area contributed by atoms with Crippen molar-refractivity contribution in [3.63, 3.8) is 0 Å². The van der Waals surface area contributed by atoms with Crippen LogP contribution in [0.15, 0.2) is 66.7 Å². The van der Waals surface area contributed by atoms with Crippen LogP contribution in [0.25, 0.3) is 20.8 Å². The first-order valence-corrected chi connectivity index (χ1v) is 9.41. The second-order valence-electron chi connectivity index (χ2n) is 5.62. The number of aromatic nitrogens is 1. The summed E-state index contributed by atoms with van der Waals surface area (Å²) < 4.78 is 1.19. The van der Waals surface area contributed by atoms with Crippen LogP contribution in [0.1, 0.15) is 5.56 Å². The van der Waals surface area contributed by atoms with E-state index in [1.54, 1.807) is 17.4 Å². The van der Waals surface area contributed by atoms with Gasteiger partial charge in [0.1, 0.15) is 5.01 Å². The molecule has 1 N–H and O–H groups in total. The van der Waals surface area contributed by atoms with Gasteiger partial charge < -0.3 is 5.32 Å². The SMILES string of the molecule is Clc1ccc(CNc2ccccc2-c2nc3ccccc3s2)c(Cl)c1. The van der Waals surface area contributed by atoms with E-state index in [-0.39, 0.29) is 0 Å². The van der Waals surface area contributed by atoms with E-state index in [1.165, 1.54) is 4.70 Å². The first-order valence-electron chi connectivity index (χ1n) is 7.83. The van der Waals surface area contributed by atoms with Gasteiger partial charge in [0.15, 0.2) is 0 Å². The van der Waals surface area contributed by atoms with Crippen LogP contribution in [0.2, 0.25) is 10.0 Å². The smallest absolute Gasteiger partial charge is 0.126 e. The lowest BCUT2D eigenvalue weighted by atomic mass is 10.1. The van der Waals surface area contributed by atoms with Gasteiger partial charge in [-0.3, -0.25) is 0 Å². The van der Waals surface area contributed by atoms with Crippen molar-refractivity contribution in [1.82, 2.24) is 4.98 Å². The average molecular weight is 385 g/mol. The van der Waals surface area contributed by atoms with E-state index in [0.29, 0.717) is 16.6 Å². The van der Waals surface area contributed by atoms with Gasteiger partial charge in [0.2, 0.25) is 0 Å². The van der Waals surface area contributed by atoms with Crippen LogP contribution >= 0.6 is 34.5 Å². The van der Waals surface area contributed by atoms with Crippen LogP contribution in [0.3, 0.4) is 0 Å². The number of hydrogen-bond donors (Lipinski definition) is 1. The number of fused-ring (bicyclic) bond motifs is 1. The molecular formula is C20H14Cl2N2S. The fourth-order valence-electron chi connectivity index (χ4n) is 2.67. The first kappa shape index (κ1) is 16.4. The number of nitrogens with one attached hydrogen (secondary N) is 1. The molecule has 5 heteroatoms. The predicted octanol–water partition coefficient (Wildman–Crippen LogP) is 6.88. The zero-order chi connectivity index (χ0) is 17.2. The first-order chi connectivity index (χ1) is 12.2. The number of rotatable bonds is 4. The molecule has 0 amide bonds. The molecule has 0 fully saturated rings. The second kappa shape index (κ2) is 7.04. The molecule has 4 rings (SSSR count). The molecule has 2 nitrogen and oxygen atoms in total. The molecule has 0 saturated carbocycles. The van der Waals surface area contributed by atoms with Crippen molar-refractivity contribution < 1.29 is 0 Å². The molecule has 0 aliphatic rings. The monoisotopic (exact) mass is 384 g/mol. The molecule has 0 atom stereocenters. The van der Waals surface area contributed by atoms with Crippen LogP contribution in [0.4, 0.5) is 5.69 Å². The van der Waals surface area contributed by atoms with Crippen molar-refractivity contribution in [3.8, 4) is 10.6 Å². The molecule has 0 saturated heterocycles. The van der Waals surface area contributed by atoms with Crippen molar-refractivity contribution in [2.75, 3.05) is 5.32 Å². The summed E-state index contributed by atoms with van der Waals surface area (Å²) in [5.74, 6) is 0. The Labute approximate surface area is 160 Å². The van der Waals surface area contributed by atoms with Crippen LogP contribution in [-0.2, 0) is 6.54 Å². The topological polar surface area (TPSA) is 24.9 Å². The van der Waals surface area contributed by atoms with Gasteiger partial charge in [-0.1, -0.05) is 53.5 Å². The summed E-state index contributed by atoms with van der Waals surface area (Å²) in [5, 5.41) is 5.78. The highest BCUT2D eigenvalue weighted by Crippen LogP contribution is 2.34. The summed E-state index contributed by atoms with van der Waals surface area (Å²) in [4.78, 5) is 4.76. The quantitative estimate of drug-likeness (QED) is 0.414. The number of hydrogen-bond acceptors (Lipinski definition) is 3. The summed E-state index contributed by atoms with van der Waals surface area (Å²) in [6.07, 6.45) is 0. The van der Waals surface area contributed by atoms with Gasteiger partial charge in [-0.15, -0.1) is 11.3 Å². The molecular weight excluding hydrogens is 371 g/mol. The van der Waals surface area contributed by atoms with Crippen molar-refractivity contribution in [2.45, 2.75) is 6.54 Å². The fraction of sp³-hybridized carbons (Fsp3) is 0.0500. The highest BCUT2D eigenvalue weighted by atomic mass is 35.5. The van der Waals surface area contributed by atoms with Crippen LogP contribution in [0, 0.1) is 0 Å². The Hall–Kier alpha value is -2.07. The molecule has 25 heavy (non-hydrogen) atoms. The molecule has 3 aromatic carbocycles. The third kappa shape index (κ3) is 3.49. The van der Waals surface area contributed by atoms with E-state index in [2.05, 4.69) is 23.5 Å². The van der Waals surface area contributed by atoms with E-state index in [0.717, 1.165) is 27.3 Å². The highest BCUT2D eigenvalue weighted by Gasteiger charge is 2.10. The van der Waals surface area contributed by atoms with Gasteiger partial charge in [-0.2, -0.15) is 0 Å². The number of anilines is 1. The Balaban J connectivity index is 1.64. The Morgan fingerprint density at radius 3 is 2.56 bits per heavy atom. The lowest BCUT2D eigenvalue weighted by molar-refractivity contribution is 1.15. The maximum absolute atomic E-state index is 6.27. The minimum atomic E-state index is 0.623. The summed E-state index contributed by atoms with van der Waals surface area (Å²) >= 11 is 13.9. The zero-order valence-corrected chi connectivity index (χ0v) is 15.5. The van der Waals surface area contributed by atoms with Crippen LogP contribution in [0.5, 0.6) is 0 Å². The molecule has 4 aromatic rings. The summed E-state index contributed by atoms with van der Waals surface area (Å²) in [7, 11) is 0. The molecule has 0 radical (unpaired) electrons. The Bertz CT molecular complexity index is 1010. The van der Waals surface area contributed by atoms with E-state index < -0.39 is 0 Å². The summed E-state index contributed by atoms with van der Waals surface area (Å²) in [6, 6.07) is 21.9. The third-order valence-electron chi connectivity index (χ3n) is 3.94. The molecule has 0 spiro atoms. The molecule has 124 valence electrons. The van der Waals surface area contributed by atoms with Gasteiger partial charge >= 0.3 is 0 Å². The van der Waals surface area contributed by atoms with Gasteiger partial charge in [-0.25, -0.2) is 4.98 Å². The molecule has 0 aliphatic carbocycles. The van der Waals surface area contributed by atoms with Gasteiger partial charge in [0, 0.05) is 27.8 Å². The lowest BCUT2D eigenvalue weighted by Gasteiger charge is -2.11. The number of nitrogens with zero attached hydrogens (tertiary/aromatic N) is 1. The third-order valence-corrected chi connectivity index (χ3v) is 5.59. The Morgan fingerprint density at radius 1 is 0.920 bits per heavy atom. The minimum Gasteiger partial charge on any atom is -0.380 e. The van der Waals surface area contributed by atoms with Crippen molar-refractivity contribution in [3.05, 3.63) is 82.3 Å². The molecule has 1 aromatic heterocycles. The van der Waals surface area contributed by atoms with Crippen LogP contribution in [-0.4, -0.2) is 4.98 Å². The number of thiazole rings is 1. The van der Waals surface area contributed by atoms with Gasteiger partial charge in [0.25, 0.3) is 0 Å². The largest absolute Gasteiger partial charge is 0.380 e. The summed E-state index contributed by atoms with van der Waals surface area (Å²) in [6.45, 7) is 0.623. The number of benzene rings is 3. The summed E-state index contributed by atoms with van der Waals surface area (Å²) in [5.41, 5.74) is 4.16. The van der Waals surface area contributed by atoms with Crippen molar-refractivity contribution in [2.24, 2.45) is 0 Å². The van der Waals surface area contributed by atoms with Gasteiger partial charge in [-0.05, 0) is 42.0 Å². The molecule has 0 unspecified atom stereocenters. The maximum atomic E-state index is 6.27. The Morgan fingerprint density at radius 2 is 1.72 bits per heavy atom. The van der Waals surface area contributed by atoms with E-state index >= 15 is 0 Å². The fourth-order valence-corrected chi connectivity index (χ4v) is 4.15. The second-order valence-corrected chi connectivity index (χ2v) is 7.50. The molecule has 1 heterocycles. The predicted molar refractivity (Wildman–Crippen MR) is 109 cm³/mol. The maximum Gasteiger partial charge on any atom is 0.126 e.